The van der Waals surface area contributed by atoms with Gasteiger partial charge in [-0.15, -0.1) is 0 Å². The van der Waals surface area contributed by atoms with E-state index in [0.717, 1.165) is 6.42 Å². The number of benzene rings is 1. The number of alkyl halides is 4. The number of esters is 1. The lowest BCUT2D eigenvalue weighted by atomic mass is 10.0. The number of carbonyl (C=O) groups excluding carboxylic acids is 1. The van der Waals surface area contributed by atoms with Crippen LogP contribution in [0.1, 0.15) is 29.3 Å². The van der Waals surface area contributed by atoms with Crippen LogP contribution < -0.4 is 0 Å². The van der Waals surface area contributed by atoms with Crippen molar-refractivity contribution in [1.29, 1.82) is 0 Å². The first-order valence-electron chi connectivity index (χ1n) is 5.99. The van der Waals surface area contributed by atoms with Gasteiger partial charge in [0, 0.05) is 10.2 Å². The van der Waals surface area contributed by atoms with E-state index in [1.807, 2.05) is 0 Å². The molecule has 0 amide bonds. The van der Waals surface area contributed by atoms with Crippen LogP contribution >= 0.6 is 27.7 Å². The van der Waals surface area contributed by atoms with Crippen molar-refractivity contribution in [2.75, 3.05) is 11.9 Å². The first-order valence-corrected chi connectivity index (χ1v) is 7.93. The van der Waals surface area contributed by atoms with Gasteiger partial charge in [-0.25, -0.2) is 4.79 Å². The summed E-state index contributed by atoms with van der Waals surface area (Å²) in [6.45, 7) is 1.92. The molecule has 0 N–H and O–H groups in total. The van der Waals surface area contributed by atoms with Gasteiger partial charge in [-0.05, 0) is 55.3 Å². The van der Waals surface area contributed by atoms with Gasteiger partial charge in [-0.2, -0.15) is 13.2 Å². The number of aryl methyl sites for hydroxylation is 1. The number of rotatable bonds is 6. The second-order valence-corrected chi connectivity index (χ2v) is 5.81. The van der Waals surface area contributed by atoms with Crippen molar-refractivity contribution in [3.8, 4) is 0 Å². The summed E-state index contributed by atoms with van der Waals surface area (Å²) in [4.78, 5) is 11.8. The molecule has 0 saturated heterocycles. The van der Waals surface area contributed by atoms with Crippen LogP contribution in [0.25, 0.3) is 0 Å². The van der Waals surface area contributed by atoms with Gasteiger partial charge >= 0.3 is 11.5 Å². The van der Waals surface area contributed by atoms with Crippen LogP contribution in [0.4, 0.5) is 13.2 Å². The Kier molecular flexibility index (Phi) is 6.88. The topological polar surface area (TPSA) is 26.3 Å². The summed E-state index contributed by atoms with van der Waals surface area (Å²) in [6, 6.07) is 4.10. The third-order valence-electron chi connectivity index (χ3n) is 2.39. The van der Waals surface area contributed by atoms with Gasteiger partial charge in [-0.3, -0.25) is 0 Å². The van der Waals surface area contributed by atoms with Crippen LogP contribution in [-0.2, 0) is 11.2 Å². The van der Waals surface area contributed by atoms with Crippen molar-refractivity contribution in [3.63, 3.8) is 0 Å². The van der Waals surface area contributed by atoms with E-state index in [9.17, 15) is 18.0 Å². The lowest BCUT2D eigenvalue weighted by Crippen LogP contribution is -2.09. The van der Waals surface area contributed by atoms with Gasteiger partial charge in [-0.1, -0.05) is 15.9 Å². The predicted molar refractivity (Wildman–Crippen MR) is 76.4 cm³/mol. The Bertz CT molecular complexity index is 463. The largest absolute Gasteiger partial charge is 0.462 e. The first kappa shape index (κ1) is 17.4. The first-order chi connectivity index (χ1) is 9.37. The lowest BCUT2D eigenvalue weighted by Gasteiger charge is -2.11. The summed E-state index contributed by atoms with van der Waals surface area (Å²) in [5, 5.41) is 0.714. The minimum atomic E-state index is -4.34. The molecule has 112 valence electrons. The zero-order chi connectivity index (χ0) is 15.2. The zero-order valence-corrected chi connectivity index (χ0v) is 13.2. The Hall–Kier alpha value is -0.690. The zero-order valence-electron chi connectivity index (χ0n) is 10.8. The Balaban J connectivity index is 3.02. The van der Waals surface area contributed by atoms with Gasteiger partial charge in [0.25, 0.3) is 0 Å². The quantitative estimate of drug-likeness (QED) is 0.408. The summed E-state index contributed by atoms with van der Waals surface area (Å²) in [6.07, 6.45) is 1.25. The number of thioether (sulfide) groups is 1. The summed E-state index contributed by atoms with van der Waals surface area (Å²) in [5.41, 5.74) is -3.42. The highest BCUT2D eigenvalue weighted by atomic mass is 79.9. The van der Waals surface area contributed by atoms with Crippen LogP contribution in [0.3, 0.4) is 0 Å². The Labute approximate surface area is 128 Å². The second-order valence-electron chi connectivity index (χ2n) is 3.88. The van der Waals surface area contributed by atoms with Crippen molar-refractivity contribution < 1.29 is 22.7 Å². The standard InChI is InChI=1S/C13H14BrF3O2S/c1-2-19-12(18)11-6-5-10(20-13(15,16)17)8-9(11)4-3-7-14/h5-6,8H,2-4,7H2,1H3. The van der Waals surface area contributed by atoms with Gasteiger partial charge in [0.2, 0.25) is 0 Å². The summed E-state index contributed by atoms with van der Waals surface area (Å²) >= 11 is 3.08. The highest BCUT2D eigenvalue weighted by molar-refractivity contribution is 9.09. The van der Waals surface area contributed by atoms with Crippen LogP contribution in [0, 0.1) is 0 Å². The van der Waals surface area contributed by atoms with E-state index in [1.54, 1.807) is 6.92 Å². The molecule has 0 fully saturated rings. The molecule has 1 aromatic carbocycles. The SMILES string of the molecule is CCOC(=O)c1ccc(SC(F)(F)F)cc1CCCBr. The number of ether oxygens (including phenoxy) is 1. The van der Waals surface area contributed by atoms with Crippen molar-refractivity contribution >= 4 is 33.7 Å². The smallest absolute Gasteiger partial charge is 0.446 e. The number of halogens is 4. The maximum absolute atomic E-state index is 12.4. The molecule has 0 radical (unpaired) electrons. The van der Waals surface area contributed by atoms with Crippen molar-refractivity contribution in [1.82, 2.24) is 0 Å². The third kappa shape index (κ3) is 5.75. The highest BCUT2D eigenvalue weighted by Gasteiger charge is 2.29. The van der Waals surface area contributed by atoms with E-state index in [-0.39, 0.29) is 23.3 Å². The molecule has 1 aromatic rings. The Morgan fingerprint density at radius 2 is 2.10 bits per heavy atom. The highest BCUT2D eigenvalue weighted by Crippen LogP contribution is 2.37. The molecule has 0 aliphatic rings. The van der Waals surface area contributed by atoms with Crippen LogP contribution in [0.5, 0.6) is 0 Å². The summed E-state index contributed by atoms with van der Waals surface area (Å²) < 4.78 is 42.0. The molecular weight excluding hydrogens is 357 g/mol. The second kappa shape index (κ2) is 7.93. The van der Waals surface area contributed by atoms with Gasteiger partial charge in [0.05, 0.1) is 12.2 Å². The molecule has 20 heavy (non-hydrogen) atoms. The third-order valence-corrected chi connectivity index (χ3v) is 3.67. The molecule has 7 heteroatoms. The summed E-state index contributed by atoms with van der Waals surface area (Å²) in [7, 11) is 0. The van der Waals surface area contributed by atoms with Crippen LogP contribution in [0.15, 0.2) is 23.1 Å². The van der Waals surface area contributed by atoms with E-state index in [2.05, 4.69) is 15.9 Å². The lowest BCUT2D eigenvalue weighted by molar-refractivity contribution is -0.0328. The monoisotopic (exact) mass is 370 g/mol. The molecule has 0 aliphatic carbocycles. The predicted octanol–water partition coefficient (Wildman–Crippen LogP) is 4.80. The molecule has 2 nitrogen and oxygen atoms in total. The molecule has 0 unspecified atom stereocenters. The molecule has 0 aliphatic heterocycles. The average Bonchev–Trinajstić information content (AvgIpc) is 2.34. The van der Waals surface area contributed by atoms with Gasteiger partial charge < -0.3 is 4.74 Å². The van der Waals surface area contributed by atoms with E-state index in [0.29, 0.717) is 22.9 Å². The van der Waals surface area contributed by atoms with Crippen molar-refractivity contribution in [3.05, 3.63) is 29.3 Å². The molecule has 0 atom stereocenters. The number of hydrogen-bond donors (Lipinski definition) is 0. The number of hydrogen-bond acceptors (Lipinski definition) is 3. The fourth-order valence-electron chi connectivity index (χ4n) is 1.64. The molecule has 0 bridgehead atoms. The number of carbonyl (C=O) groups is 1. The molecule has 1 rings (SSSR count). The van der Waals surface area contributed by atoms with E-state index in [1.165, 1.54) is 18.2 Å². The van der Waals surface area contributed by atoms with E-state index >= 15 is 0 Å². The molecule has 0 heterocycles. The molecular formula is C13H14BrF3O2S. The average molecular weight is 371 g/mol. The van der Waals surface area contributed by atoms with Crippen LogP contribution in [0.2, 0.25) is 0 Å². The fourth-order valence-corrected chi connectivity index (χ4v) is 2.52. The molecule has 0 aromatic heterocycles. The van der Waals surface area contributed by atoms with Gasteiger partial charge in [0.1, 0.15) is 0 Å². The van der Waals surface area contributed by atoms with E-state index < -0.39 is 11.5 Å². The maximum Gasteiger partial charge on any atom is 0.446 e. The Morgan fingerprint density at radius 1 is 1.40 bits per heavy atom. The molecule has 0 spiro atoms. The van der Waals surface area contributed by atoms with Crippen molar-refractivity contribution in [2.45, 2.75) is 30.2 Å². The van der Waals surface area contributed by atoms with Crippen LogP contribution in [-0.4, -0.2) is 23.4 Å². The minimum Gasteiger partial charge on any atom is -0.462 e. The normalized spacial score (nSPS) is 11.4. The van der Waals surface area contributed by atoms with Gasteiger partial charge in [0.15, 0.2) is 0 Å². The molecule has 0 saturated carbocycles. The minimum absolute atomic E-state index is 0.0788. The summed E-state index contributed by atoms with van der Waals surface area (Å²) in [5.74, 6) is -0.499. The Morgan fingerprint density at radius 3 is 2.65 bits per heavy atom. The van der Waals surface area contributed by atoms with E-state index in [4.69, 9.17) is 4.74 Å². The maximum atomic E-state index is 12.4. The van der Waals surface area contributed by atoms with Crippen molar-refractivity contribution in [2.24, 2.45) is 0 Å². The fraction of sp³-hybridized carbons (Fsp3) is 0.462.